The van der Waals surface area contributed by atoms with E-state index in [0.717, 1.165) is 12.2 Å². The lowest BCUT2D eigenvalue weighted by Gasteiger charge is -2.24. The highest BCUT2D eigenvalue weighted by atomic mass is 32.2. The Bertz CT molecular complexity index is 286. The van der Waals surface area contributed by atoms with Crippen molar-refractivity contribution in [3.63, 3.8) is 0 Å². The number of carbonyl (C=O) groups is 2. The normalized spacial score (nSPS) is 15.6. The minimum absolute atomic E-state index is 0.0927. The molecule has 2 unspecified atom stereocenters. The largest absolute Gasteiger partial charge is 0.481 e. The quantitative estimate of drug-likeness (QED) is 0.633. The molecule has 2 amide bonds. The summed E-state index contributed by atoms with van der Waals surface area (Å²) in [5, 5.41) is 14.5. The van der Waals surface area contributed by atoms with Crippen LogP contribution in [0.25, 0.3) is 0 Å². The summed E-state index contributed by atoms with van der Waals surface area (Å²) in [6, 6.07) is -0.209. The van der Waals surface area contributed by atoms with Gasteiger partial charge in [0.2, 0.25) is 0 Å². The molecule has 0 aromatic rings. The molecule has 0 rings (SSSR count). The second-order valence-electron chi connectivity index (χ2n) is 4.73. The monoisotopic (exact) mass is 276 g/mol. The lowest BCUT2D eigenvalue weighted by atomic mass is 9.88. The van der Waals surface area contributed by atoms with E-state index >= 15 is 0 Å². The number of rotatable bonds is 8. The zero-order valence-electron chi connectivity index (χ0n) is 11.6. The van der Waals surface area contributed by atoms with Gasteiger partial charge in [-0.3, -0.25) is 4.79 Å². The number of amides is 2. The number of urea groups is 1. The van der Waals surface area contributed by atoms with Crippen LogP contribution >= 0.6 is 11.8 Å². The molecule has 0 aliphatic rings. The highest BCUT2D eigenvalue weighted by Crippen LogP contribution is 2.19. The molecule has 0 fully saturated rings. The first-order valence-corrected chi connectivity index (χ1v) is 7.51. The van der Waals surface area contributed by atoms with Crippen molar-refractivity contribution in [2.24, 2.45) is 5.41 Å². The molecule has 0 heterocycles. The van der Waals surface area contributed by atoms with E-state index in [9.17, 15) is 9.59 Å². The van der Waals surface area contributed by atoms with E-state index in [1.54, 1.807) is 25.6 Å². The van der Waals surface area contributed by atoms with Gasteiger partial charge in [0.15, 0.2) is 0 Å². The number of hydrogen-bond acceptors (Lipinski definition) is 3. The van der Waals surface area contributed by atoms with Crippen molar-refractivity contribution >= 4 is 23.8 Å². The topological polar surface area (TPSA) is 78.4 Å². The summed E-state index contributed by atoms with van der Waals surface area (Å²) in [5.41, 5.74) is -0.903. The number of carbonyl (C=O) groups excluding carboxylic acids is 1. The summed E-state index contributed by atoms with van der Waals surface area (Å²) in [4.78, 5) is 22.6. The fourth-order valence-corrected chi connectivity index (χ4v) is 1.86. The average Bonchev–Trinajstić information content (AvgIpc) is 2.33. The Morgan fingerprint density at radius 3 is 2.50 bits per heavy atom. The molecule has 3 N–H and O–H groups in total. The lowest BCUT2D eigenvalue weighted by molar-refractivity contribution is -0.147. The number of nitrogens with one attached hydrogen (secondary N) is 2. The second kappa shape index (κ2) is 8.24. The molecular weight excluding hydrogens is 252 g/mol. The number of carboxylic acid groups (broad SMARTS) is 1. The number of aliphatic carboxylic acids is 1. The zero-order chi connectivity index (χ0) is 14.2. The molecule has 6 heteroatoms. The predicted octanol–water partition coefficient (Wildman–Crippen LogP) is 1.93. The third-order valence-corrected chi connectivity index (χ3v) is 3.71. The van der Waals surface area contributed by atoms with Crippen molar-refractivity contribution in [1.29, 1.82) is 0 Å². The number of hydrogen-bond donors (Lipinski definition) is 3. The molecule has 0 spiro atoms. The highest BCUT2D eigenvalue weighted by Gasteiger charge is 2.31. The van der Waals surface area contributed by atoms with Gasteiger partial charge in [-0.05, 0) is 38.7 Å². The van der Waals surface area contributed by atoms with E-state index < -0.39 is 11.4 Å². The number of thioether (sulfide) groups is 1. The Labute approximate surface area is 113 Å². The van der Waals surface area contributed by atoms with Crippen molar-refractivity contribution in [3.8, 4) is 0 Å². The third kappa shape index (κ3) is 6.14. The van der Waals surface area contributed by atoms with Crippen LogP contribution in [0.2, 0.25) is 0 Å². The molecule has 2 atom stereocenters. The molecule has 0 bridgehead atoms. The molecule has 0 aromatic carbocycles. The second-order valence-corrected chi connectivity index (χ2v) is 5.71. The molecule has 106 valence electrons. The standard InChI is InChI=1S/C12H24N2O3S/c1-5-12(3,10(15)16)8-13-11(17)14-9(2)6-7-18-4/h9H,5-8H2,1-4H3,(H,15,16)(H2,13,14,17). The zero-order valence-corrected chi connectivity index (χ0v) is 12.4. The first-order valence-electron chi connectivity index (χ1n) is 6.12. The van der Waals surface area contributed by atoms with E-state index in [1.807, 2.05) is 13.2 Å². The highest BCUT2D eigenvalue weighted by molar-refractivity contribution is 7.98. The van der Waals surface area contributed by atoms with Crippen LogP contribution < -0.4 is 10.6 Å². The van der Waals surface area contributed by atoms with Crippen LogP contribution in [0.1, 0.15) is 33.6 Å². The lowest BCUT2D eigenvalue weighted by Crippen LogP contribution is -2.46. The summed E-state index contributed by atoms with van der Waals surface area (Å²) in [6.07, 6.45) is 3.40. The van der Waals surface area contributed by atoms with Gasteiger partial charge in [-0.2, -0.15) is 11.8 Å². The molecule has 0 radical (unpaired) electrons. The van der Waals surface area contributed by atoms with Crippen LogP contribution in [-0.2, 0) is 4.79 Å². The van der Waals surface area contributed by atoms with Crippen molar-refractivity contribution in [2.45, 2.75) is 39.7 Å². The van der Waals surface area contributed by atoms with Crippen LogP contribution in [0.3, 0.4) is 0 Å². The first kappa shape index (κ1) is 17.1. The van der Waals surface area contributed by atoms with E-state index in [-0.39, 0.29) is 18.6 Å². The van der Waals surface area contributed by atoms with E-state index in [0.29, 0.717) is 6.42 Å². The van der Waals surface area contributed by atoms with Crippen LogP contribution in [0, 0.1) is 5.41 Å². The molecule has 5 nitrogen and oxygen atoms in total. The van der Waals surface area contributed by atoms with Gasteiger partial charge in [0.25, 0.3) is 0 Å². The van der Waals surface area contributed by atoms with E-state index in [4.69, 9.17) is 5.11 Å². The molecule has 0 aliphatic carbocycles. The summed E-state index contributed by atoms with van der Waals surface area (Å²) < 4.78 is 0. The van der Waals surface area contributed by atoms with Gasteiger partial charge in [0.05, 0.1) is 5.41 Å². The molecule has 0 aromatic heterocycles. The van der Waals surface area contributed by atoms with Gasteiger partial charge < -0.3 is 15.7 Å². The maximum atomic E-state index is 11.6. The Kier molecular flexibility index (Phi) is 7.82. The molecule has 0 saturated heterocycles. The van der Waals surface area contributed by atoms with Gasteiger partial charge >= 0.3 is 12.0 Å². The third-order valence-electron chi connectivity index (χ3n) is 3.07. The minimum atomic E-state index is -0.903. The van der Waals surface area contributed by atoms with Gasteiger partial charge in [-0.15, -0.1) is 0 Å². The maximum Gasteiger partial charge on any atom is 0.315 e. The van der Waals surface area contributed by atoms with E-state index in [1.165, 1.54) is 0 Å². The maximum absolute atomic E-state index is 11.6. The molecule has 0 saturated carbocycles. The van der Waals surface area contributed by atoms with Crippen molar-refractivity contribution in [2.75, 3.05) is 18.6 Å². The minimum Gasteiger partial charge on any atom is -0.481 e. The molecule has 0 aliphatic heterocycles. The van der Waals surface area contributed by atoms with Gasteiger partial charge in [-0.25, -0.2) is 4.79 Å². The van der Waals surface area contributed by atoms with Crippen LogP contribution in [-0.4, -0.2) is 41.7 Å². The summed E-state index contributed by atoms with van der Waals surface area (Å²) in [7, 11) is 0. The Balaban J connectivity index is 4.06. The fraction of sp³-hybridized carbons (Fsp3) is 0.833. The van der Waals surface area contributed by atoms with E-state index in [2.05, 4.69) is 10.6 Å². The average molecular weight is 276 g/mol. The fourth-order valence-electron chi connectivity index (χ4n) is 1.27. The molecular formula is C12H24N2O3S. The Morgan fingerprint density at radius 2 is 2.06 bits per heavy atom. The van der Waals surface area contributed by atoms with Crippen LogP contribution in [0.4, 0.5) is 4.79 Å². The smallest absolute Gasteiger partial charge is 0.315 e. The van der Waals surface area contributed by atoms with Crippen LogP contribution in [0.15, 0.2) is 0 Å². The van der Waals surface area contributed by atoms with Gasteiger partial charge in [0.1, 0.15) is 0 Å². The Hall–Kier alpha value is -0.910. The summed E-state index contributed by atoms with van der Waals surface area (Å²) in [5.74, 6) is 0.101. The van der Waals surface area contributed by atoms with Gasteiger partial charge in [0, 0.05) is 12.6 Å². The summed E-state index contributed by atoms with van der Waals surface area (Å²) >= 11 is 1.73. The van der Waals surface area contributed by atoms with Crippen LogP contribution in [0.5, 0.6) is 0 Å². The first-order chi connectivity index (χ1) is 8.35. The summed E-state index contributed by atoms with van der Waals surface area (Å²) in [6.45, 7) is 5.51. The van der Waals surface area contributed by atoms with Gasteiger partial charge in [-0.1, -0.05) is 6.92 Å². The van der Waals surface area contributed by atoms with Crippen molar-refractivity contribution in [3.05, 3.63) is 0 Å². The van der Waals surface area contributed by atoms with Crippen molar-refractivity contribution < 1.29 is 14.7 Å². The SMILES string of the molecule is CCC(C)(CNC(=O)NC(C)CCSC)C(=O)O. The number of carboxylic acids is 1. The Morgan fingerprint density at radius 1 is 1.44 bits per heavy atom. The molecule has 18 heavy (non-hydrogen) atoms. The van der Waals surface area contributed by atoms with Crippen molar-refractivity contribution in [1.82, 2.24) is 10.6 Å². The predicted molar refractivity (Wildman–Crippen MR) is 75.0 cm³/mol.